The lowest BCUT2D eigenvalue weighted by atomic mass is 9.91. The largest absolute Gasteiger partial charge is 0.484 e. The van der Waals surface area contributed by atoms with E-state index < -0.39 is 5.91 Å². The van der Waals surface area contributed by atoms with E-state index in [-0.39, 0.29) is 19.0 Å². The number of benzene rings is 2. The van der Waals surface area contributed by atoms with Crippen LogP contribution in [0.25, 0.3) is 22.0 Å². The summed E-state index contributed by atoms with van der Waals surface area (Å²) in [6.45, 7) is 4.22. The summed E-state index contributed by atoms with van der Waals surface area (Å²) in [6.07, 6.45) is 0.740. The molecular formula is C22H24FN3O2. The monoisotopic (exact) mass is 381 g/mol. The van der Waals surface area contributed by atoms with Crippen molar-refractivity contribution < 1.29 is 13.9 Å². The summed E-state index contributed by atoms with van der Waals surface area (Å²) in [4.78, 5) is 15.8. The number of carbonyl (C=O) groups is 1. The molecule has 0 saturated heterocycles. The molecule has 1 amide bonds. The fraction of sp³-hybridized carbons (Fsp3) is 0.273. The van der Waals surface area contributed by atoms with Crippen LogP contribution in [0.4, 0.5) is 4.39 Å². The number of rotatable bonds is 7. The number of hydrogen-bond acceptors (Lipinski definition) is 4. The van der Waals surface area contributed by atoms with E-state index >= 15 is 0 Å². The molecule has 0 aliphatic carbocycles. The Bertz CT molecular complexity index is 1020. The Morgan fingerprint density at radius 1 is 1.21 bits per heavy atom. The van der Waals surface area contributed by atoms with E-state index in [1.54, 1.807) is 36.4 Å². The van der Waals surface area contributed by atoms with E-state index in [9.17, 15) is 9.18 Å². The number of pyridine rings is 1. The Kier molecular flexibility index (Phi) is 5.90. The number of primary amides is 1. The molecule has 5 nitrogen and oxygen atoms in total. The van der Waals surface area contributed by atoms with Crippen molar-refractivity contribution in [3.8, 4) is 16.9 Å². The summed E-state index contributed by atoms with van der Waals surface area (Å²) in [5.74, 6) is -0.0571. The number of ether oxygens (including phenoxy) is 1. The fourth-order valence-electron chi connectivity index (χ4n) is 3.32. The Hall–Kier alpha value is -2.99. The third-order valence-corrected chi connectivity index (χ3v) is 4.47. The molecule has 0 aliphatic heterocycles. The Labute approximate surface area is 163 Å². The zero-order valence-corrected chi connectivity index (χ0v) is 16.0. The first-order chi connectivity index (χ1) is 13.4. The summed E-state index contributed by atoms with van der Waals surface area (Å²) >= 11 is 0. The van der Waals surface area contributed by atoms with Crippen LogP contribution in [0.15, 0.2) is 42.5 Å². The van der Waals surface area contributed by atoms with Crippen LogP contribution < -0.4 is 16.2 Å². The molecule has 3 aromatic rings. The number of nitrogens with zero attached hydrogens (tertiary/aromatic N) is 1. The molecule has 0 aliphatic rings. The minimum absolute atomic E-state index is 0.233. The van der Waals surface area contributed by atoms with E-state index in [0.717, 1.165) is 28.6 Å². The first-order valence-corrected chi connectivity index (χ1v) is 9.22. The van der Waals surface area contributed by atoms with Gasteiger partial charge >= 0.3 is 0 Å². The minimum atomic E-state index is -0.567. The number of halogens is 1. The lowest BCUT2D eigenvalue weighted by Crippen LogP contribution is -2.20. The number of aromatic nitrogens is 1. The highest BCUT2D eigenvalue weighted by Gasteiger charge is 2.19. The zero-order chi connectivity index (χ0) is 20.3. The smallest absolute Gasteiger partial charge is 0.255 e. The second-order valence-corrected chi connectivity index (χ2v) is 7.13. The highest BCUT2D eigenvalue weighted by molar-refractivity contribution is 5.97. The normalized spacial score (nSPS) is 11.2. The topological polar surface area (TPSA) is 91.2 Å². The summed E-state index contributed by atoms with van der Waals surface area (Å²) < 4.78 is 20.2. The molecule has 0 atom stereocenters. The Morgan fingerprint density at radius 2 is 1.96 bits per heavy atom. The van der Waals surface area contributed by atoms with Gasteiger partial charge in [0.1, 0.15) is 11.6 Å². The molecule has 0 radical (unpaired) electrons. The lowest BCUT2D eigenvalue weighted by Gasteiger charge is -2.18. The first-order valence-electron chi connectivity index (χ1n) is 9.22. The minimum Gasteiger partial charge on any atom is -0.484 e. The summed E-state index contributed by atoms with van der Waals surface area (Å²) in [5.41, 5.74) is 14.8. The number of nitrogens with two attached hydrogens (primary N) is 2. The summed E-state index contributed by atoms with van der Waals surface area (Å²) in [5, 5.41) is 0.722. The van der Waals surface area contributed by atoms with E-state index in [0.29, 0.717) is 22.8 Å². The zero-order valence-electron chi connectivity index (χ0n) is 16.0. The number of carbonyl (C=O) groups excluding carboxylic acids is 1. The fourth-order valence-corrected chi connectivity index (χ4v) is 3.32. The van der Waals surface area contributed by atoms with E-state index in [4.69, 9.17) is 21.2 Å². The van der Waals surface area contributed by atoms with Gasteiger partial charge in [0.15, 0.2) is 6.61 Å². The number of fused-ring (bicyclic) bond motifs is 1. The van der Waals surface area contributed by atoms with Gasteiger partial charge in [-0.15, -0.1) is 0 Å². The predicted octanol–water partition coefficient (Wildman–Crippen LogP) is 3.56. The second-order valence-electron chi connectivity index (χ2n) is 7.13. The maximum atomic E-state index is 14.7. The Balaban J connectivity index is 2.30. The van der Waals surface area contributed by atoms with Gasteiger partial charge in [0.25, 0.3) is 5.91 Å². The van der Waals surface area contributed by atoms with Crippen molar-refractivity contribution in [3.05, 3.63) is 59.5 Å². The van der Waals surface area contributed by atoms with Crippen LogP contribution in [0.2, 0.25) is 0 Å². The van der Waals surface area contributed by atoms with Crippen molar-refractivity contribution in [2.45, 2.75) is 26.8 Å². The van der Waals surface area contributed by atoms with Gasteiger partial charge in [-0.05, 0) is 42.2 Å². The molecule has 0 spiro atoms. The van der Waals surface area contributed by atoms with Crippen LogP contribution in [0, 0.1) is 11.7 Å². The van der Waals surface area contributed by atoms with Gasteiger partial charge in [-0.25, -0.2) is 4.39 Å². The predicted molar refractivity (Wildman–Crippen MR) is 108 cm³/mol. The van der Waals surface area contributed by atoms with Crippen LogP contribution >= 0.6 is 0 Å². The second kappa shape index (κ2) is 8.35. The lowest BCUT2D eigenvalue weighted by molar-refractivity contribution is -0.119. The molecule has 146 valence electrons. The van der Waals surface area contributed by atoms with Crippen LogP contribution in [-0.2, 0) is 17.8 Å². The van der Waals surface area contributed by atoms with E-state index in [1.807, 2.05) is 0 Å². The molecule has 1 heterocycles. The first kappa shape index (κ1) is 19.8. The molecule has 3 rings (SSSR count). The summed E-state index contributed by atoms with van der Waals surface area (Å²) in [6, 6.07) is 11.9. The van der Waals surface area contributed by atoms with Crippen molar-refractivity contribution in [2.75, 3.05) is 6.61 Å². The summed E-state index contributed by atoms with van der Waals surface area (Å²) in [7, 11) is 0. The third-order valence-electron chi connectivity index (χ3n) is 4.47. The molecule has 0 bridgehead atoms. The Morgan fingerprint density at radius 3 is 2.61 bits per heavy atom. The molecular weight excluding hydrogens is 357 g/mol. The van der Waals surface area contributed by atoms with Gasteiger partial charge in [-0.2, -0.15) is 0 Å². The van der Waals surface area contributed by atoms with Crippen molar-refractivity contribution in [1.82, 2.24) is 4.98 Å². The molecule has 1 aromatic heterocycles. The molecule has 0 saturated carbocycles. The van der Waals surface area contributed by atoms with Gasteiger partial charge < -0.3 is 16.2 Å². The van der Waals surface area contributed by atoms with Crippen LogP contribution in [0.1, 0.15) is 25.1 Å². The average molecular weight is 381 g/mol. The molecule has 4 N–H and O–H groups in total. The molecule has 0 unspecified atom stereocenters. The van der Waals surface area contributed by atoms with E-state index in [2.05, 4.69) is 13.8 Å². The maximum absolute atomic E-state index is 14.7. The third kappa shape index (κ3) is 4.12. The molecule has 0 fully saturated rings. The van der Waals surface area contributed by atoms with Gasteiger partial charge in [0.05, 0.1) is 5.52 Å². The van der Waals surface area contributed by atoms with Gasteiger partial charge in [0, 0.05) is 28.8 Å². The van der Waals surface area contributed by atoms with E-state index in [1.165, 1.54) is 6.07 Å². The highest BCUT2D eigenvalue weighted by atomic mass is 19.1. The van der Waals surface area contributed by atoms with Gasteiger partial charge in [0.2, 0.25) is 0 Å². The van der Waals surface area contributed by atoms with Gasteiger partial charge in [-0.3, -0.25) is 9.78 Å². The molecule has 28 heavy (non-hydrogen) atoms. The van der Waals surface area contributed by atoms with Crippen molar-refractivity contribution in [3.63, 3.8) is 0 Å². The van der Waals surface area contributed by atoms with Crippen molar-refractivity contribution in [1.29, 1.82) is 0 Å². The SMILES string of the molecule is CC(C)Cc1nc2ccc(OCC(N)=O)cc2c(-c2ccccc2F)c1CN. The molecule has 2 aromatic carbocycles. The average Bonchev–Trinajstić information content (AvgIpc) is 2.65. The van der Waals surface area contributed by atoms with Crippen molar-refractivity contribution in [2.24, 2.45) is 17.4 Å². The highest BCUT2D eigenvalue weighted by Crippen LogP contribution is 2.36. The van der Waals surface area contributed by atoms with Crippen LogP contribution in [0.3, 0.4) is 0 Å². The quantitative estimate of drug-likeness (QED) is 0.655. The standard InChI is InChI=1S/C22H24FN3O2/c1-13(2)9-20-17(11-24)22(15-5-3-4-6-18(15)23)16-10-14(28-12-21(25)27)7-8-19(16)26-20/h3-8,10,13H,9,11-12,24H2,1-2H3,(H2,25,27). The maximum Gasteiger partial charge on any atom is 0.255 e. The van der Waals surface area contributed by atoms with Crippen molar-refractivity contribution >= 4 is 16.8 Å². The molecule has 6 heteroatoms. The number of hydrogen-bond donors (Lipinski definition) is 2. The van der Waals surface area contributed by atoms with Crippen LogP contribution in [0.5, 0.6) is 5.75 Å². The van der Waals surface area contributed by atoms with Crippen LogP contribution in [-0.4, -0.2) is 17.5 Å². The number of amides is 1. The van der Waals surface area contributed by atoms with Gasteiger partial charge in [-0.1, -0.05) is 32.0 Å².